The topological polar surface area (TPSA) is 66.6 Å². The molecule has 4 nitrogen and oxygen atoms in total. The molecule has 1 aliphatic heterocycles. The summed E-state index contributed by atoms with van der Waals surface area (Å²) in [7, 11) is 0. The van der Waals surface area contributed by atoms with Crippen LogP contribution >= 0.6 is 11.6 Å². The number of anilines is 1. The molecule has 5 heteroatoms. The lowest BCUT2D eigenvalue weighted by atomic mass is 10.1. The van der Waals surface area contributed by atoms with Gasteiger partial charge in [0, 0.05) is 18.8 Å². The molecule has 1 aliphatic rings. The van der Waals surface area contributed by atoms with Crippen LogP contribution in [0, 0.1) is 0 Å². The lowest BCUT2D eigenvalue weighted by Crippen LogP contribution is -2.42. The van der Waals surface area contributed by atoms with Gasteiger partial charge in [-0.25, -0.2) is 0 Å². The molecule has 17 heavy (non-hydrogen) atoms. The Morgan fingerprint density at radius 1 is 1.53 bits per heavy atom. The lowest BCUT2D eigenvalue weighted by Gasteiger charge is -2.30. The fourth-order valence-electron chi connectivity index (χ4n) is 2.06. The summed E-state index contributed by atoms with van der Waals surface area (Å²) in [6.07, 6.45) is 1.09. The molecule has 0 radical (unpaired) electrons. The standard InChI is InChI=1S/C12H15ClN2O2/c13-9-4-1-5-10(14)11(9)12(17)15-6-2-3-8(16)7-15/h1,4-5,8,16H,2-3,6-7,14H2. The maximum atomic E-state index is 12.2. The van der Waals surface area contributed by atoms with Crippen molar-refractivity contribution >= 4 is 23.2 Å². The Morgan fingerprint density at radius 3 is 2.94 bits per heavy atom. The molecule has 1 amide bonds. The Labute approximate surface area is 105 Å². The van der Waals surface area contributed by atoms with Crippen molar-refractivity contribution < 1.29 is 9.90 Å². The fraction of sp³-hybridized carbons (Fsp3) is 0.417. The highest BCUT2D eigenvalue weighted by Gasteiger charge is 2.25. The number of β-amino-alcohol motifs (C(OH)–C–C–N with tert-alkyl or cyclic N) is 1. The molecule has 0 bridgehead atoms. The third kappa shape index (κ3) is 2.53. The zero-order valence-corrected chi connectivity index (χ0v) is 10.2. The number of benzene rings is 1. The van der Waals surface area contributed by atoms with E-state index in [4.69, 9.17) is 17.3 Å². The largest absolute Gasteiger partial charge is 0.398 e. The number of aliphatic hydroxyl groups excluding tert-OH is 1. The van der Waals surface area contributed by atoms with Gasteiger partial charge in [0.15, 0.2) is 0 Å². The maximum Gasteiger partial charge on any atom is 0.257 e. The van der Waals surface area contributed by atoms with Crippen molar-refractivity contribution in [2.24, 2.45) is 0 Å². The second kappa shape index (κ2) is 4.94. The Morgan fingerprint density at radius 2 is 2.29 bits per heavy atom. The number of carbonyl (C=O) groups excluding carboxylic acids is 1. The summed E-state index contributed by atoms with van der Waals surface area (Å²) in [6.45, 7) is 0.990. The van der Waals surface area contributed by atoms with Gasteiger partial charge in [-0.1, -0.05) is 17.7 Å². The van der Waals surface area contributed by atoms with E-state index in [0.29, 0.717) is 29.4 Å². The van der Waals surface area contributed by atoms with Gasteiger partial charge in [0.05, 0.1) is 16.7 Å². The van der Waals surface area contributed by atoms with E-state index in [1.165, 1.54) is 0 Å². The average Bonchev–Trinajstić information content (AvgIpc) is 2.28. The Hall–Kier alpha value is -1.26. The summed E-state index contributed by atoms with van der Waals surface area (Å²) in [5.41, 5.74) is 6.48. The predicted octanol–water partition coefficient (Wildman–Crippen LogP) is 1.52. The molecule has 1 saturated heterocycles. The number of nitrogens with zero attached hydrogens (tertiary/aromatic N) is 1. The fourth-order valence-corrected chi connectivity index (χ4v) is 2.33. The molecule has 3 N–H and O–H groups in total. The van der Waals surface area contributed by atoms with Gasteiger partial charge in [0.25, 0.3) is 5.91 Å². The van der Waals surface area contributed by atoms with Gasteiger partial charge < -0.3 is 15.7 Å². The van der Waals surface area contributed by atoms with Gasteiger partial charge in [-0.2, -0.15) is 0 Å². The minimum Gasteiger partial charge on any atom is -0.398 e. The van der Waals surface area contributed by atoms with Crippen LogP contribution in [0.3, 0.4) is 0 Å². The zero-order chi connectivity index (χ0) is 12.4. The molecule has 1 fully saturated rings. The van der Waals surface area contributed by atoms with Crippen molar-refractivity contribution in [2.45, 2.75) is 18.9 Å². The van der Waals surface area contributed by atoms with Gasteiger partial charge in [-0.05, 0) is 25.0 Å². The quantitative estimate of drug-likeness (QED) is 0.747. The molecule has 1 heterocycles. The maximum absolute atomic E-state index is 12.2. The van der Waals surface area contributed by atoms with E-state index >= 15 is 0 Å². The van der Waals surface area contributed by atoms with Crippen LogP contribution in [0.1, 0.15) is 23.2 Å². The van der Waals surface area contributed by atoms with Gasteiger partial charge in [0.2, 0.25) is 0 Å². The molecule has 2 rings (SSSR count). The monoisotopic (exact) mass is 254 g/mol. The molecule has 1 atom stereocenters. The van der Waals surface area contributed by atoms with Crippen molar-refractivity contribution in [3.63, 3.8) is 0 Å². The first-order valence-electron chi connectivity index (χ1n) is 5.61. The van der Waals surface area contributed by atoms with Crippen LogP contribution in [0.15, 0.2) is 18.2 Å². The van der Waals surface area contributed by atoms with Crippen LogP contribution in [0.2, 0.25) is 5.02 Å². The van der Waals surface area contributed by atoms with Crippen LogP contribution < -0.4 is 5.73 Å². The molecule has 1 aromatic carbocycles. The summed E-state index contributed by atoms with van der Waals surface area (Å²) in [4.78, 5) is 13.8. The summed E-state index contributed by atoms with van der Waals surface area (Å²) in [5.74, 6) is -0.202. The summed E-state index contributed by atoms with van der Waals surface area (Å²) in [5, 5.41) is 9.91. The first-order valence-corrected chi connectivity index (χ1v) is 5.98. The van der Waals surface area contributed by atoms with E-state index in [1.807, 2.05) is 0 Å². The molecule has 0 spiro atoms. The summed E-state index contributed by atoms with van der Waals surface area (Å²) >= 11 is 5.99. The minimum absolute atomic E-state index is 0.202. The number of likely N-dealkylation sites (tertiary alicyclic amines) is 1. The van der Waals surface area contributed by atoms with Crippen molar-refractivity contribution in [2.75, 3.05) is 18.8 Å². The minimum atomic E-state index is -0.448. The number of rotatable bonds is 1. The molecule has 0 aliphatic carbocycles. The van der Waals surface area contributed by atoms with E-state index in [1.54, 1.807) is 23.1 Å². The number of nitrogen functional groups attached to an aromatic ring is 1. The van der Waals surface area contributed by atoms with Crippen molar-refractivity contribution in [1.29, 1.82) is 0 Å². The second-order valence-electron chi connectivity index (χ2n) is 4.25. The Bertz CT molecular complexity index is 416. The van der Waals surface area contributed by atoms with Gasteiger partial charge in [-0.3, -0.25) is 4.79 Å². The second-order valence-corrected chi connectivity index (χ2v) is 4.66. The molecule has 92 valence electrons. The van der Waals surface area contributed by atoms with E-state index in [-0.39, 0.29) is 5.91 Å². The normalized spacial score (nSPS) is 20.4. The molecular weight excluding hydrogens is 240 g/mol. The number of aliphatic hydroxyl groups is 1. The zero-order valence-electron chi connectivity index (χ0n) is 9.40. The van der Waals surface area contributed by atoms with Crippen molar-refractivity contribution in [3.05, 3.63) is 28.8 Å². The molecule has 1 aromatic rings. The van der Waals surface area contributed by atoms with Crippen molar-refractivity contribution in [1.82, 2.24) is 4.90 Å². The number of hydrogen-bond acceptors (Lipinski definition) is 3. The van der Waals surface area contributed by atoms with Gasteiger partial charge in [0.1, 0.15) is 0 Å². The number of nitrogens with two attached hydrogens (primary N) is 1. The number of piperidine rings is 1. The number of amides is 1. The van der Waals surface area contributed by atoms with Crippen LogP contribution in [0.25, 0.3) is 0 Å². The third-order valence-electron chi connectivity index (χ3n) is 2.94. The highest BCUT2D eigenvalue weighted by molar-refractivity contribution is 6.34. The van der Waals surface area contributed by atoms with Gasteiger partial charge in [-0.15, -0.1) is 0 Å². The number of halogens is 1. The van der Waals surface area contributed by atoms with Gasteiger partial charge >= 0.3 is 0 Å². The molecule has 0 aromatic heterocycles. The van der Waals surface area contributed by atoms with Crippen LogP contribution in [-0.2, 0) is 0 Å². The first-order chi connectivity index (χ1) is 8.09. The van der Waals surface area contributed by atoms with Crippen LogP contribution in [0.4, 0.5) is 5.69 Å². The highest BCUT2D eigenvalue weighted by Crippen LogP contribution is 2.25. The third-order valence-corrected chi connectivity index (χ3v) is 3.26. The smallest absolute Gasteiger partial charge is 0.257 e. The molecule has 1 unspecified atom stereocenters. The van der Waals surface area contributed by atoms with E-state index in [2.05, 4.69) is 0 Å². The Balaban J connectivity index is 2.24. The summed E-state index contributed by atoms with van der Waals surface area (Å²) in [6, 6.07) is 5.00. The van der Waals surface area contributed by atoms with E-state index in [9.17, 15) is 9.90 Å². The highest BCUT2D eigenvalue weighted by atomic mass is 35.5. The Kier molecular flexibility index (Phi) is 3.54. The summed E-state index contributed by atoms with van der Waals surface area (Å²) < 4.78 is 0. The van der Waals surface area contributed by atoms with E-state index in [0.717, 1.165) is 12.8 Å². The van der Waals surface area contributed by atoms with Crippen LogP contribution in [-0.4, -0.2) is 35.1 Å². The molecular formula is C12H15ClN2O2. The van der Waals surface area contributed by atoms with Crippen LogP contribution in [0.5, 0.6) is 0 Å². The molecule has 0 saturated carbocycles. The number of carbonyl (C=O) groups is 1. The average molecular weight is 255 g/mol. The predicted molar refractivity (Wildman–Crippen MR) is 67.0 cm³/mol. The van der Waals surface area contributed by atoms with E-state index < -0.39 is 6.10 Å². The lowest BCUT2D eigenvalue weighted by molar-refractivity contribution is 0.0474. The SMILES string of the molecule is Nc1cccc(Cl)c1C(=O)N1CCCC(O)C1. The number of hydrogen-bond donors (Lipinski definition) is 2. The first kappa shape index (κ1) is 12.2. The van der Waals surface area contributed by atoms with Crippen molar-refractivity contribution in [3.8, 4) is 0 Å².